The number of rotatable bonds is 4. The zero-order valence-electron chi connectivity index (χ0n) is 10.6. The van der Waals surface area contributed by atoms with Crippen molar-refractivity contribution in [1.82, 2.24) is 4.90 Å². The van der Waals surface area contributed by atoms with Crippen LogP contribution in [0.5, 0.6) is 0 Å². The van der Waals surface area contributed by atoms with Gasteiger partial charge in [0, 0.05) is 0 Å². The highest BCUT2D eigenvalue weighted by atomic mass is 16.4. The van der Waals surface area contributed by atoms with Crippen LogP contribution in [0.15, 0.2) is 18.2 Å². The highest BCUT2D eigenvalue weighted by Gasteiger charge is 2.44. The van der Waals surface area contributed by atoms with Crippen molar-refractivity contribution in [3.05, 3.63) is 34.9 Å². The van der Waals surface area contributed by atoms with Crippen LogP contribution in [0.25, 0.3) is 0 Å². The maximum atomic E-state index is 12.2. The van der Waals surface area contributed by atoms with Gasteiger partial charge in [0.05, 0.1) is 17.5 Å². The van der Waals surface area contributed by atoms with Crippen LogP contribution in [0.2, 0.25) is 0 Å². The normalized spacial score (nSPS) is 15.2. The summed E-state index contributed by atoms with van der Waals surface area (Å²) >= 11 is 0. The summed E-state index contributed by atoms with van der Waals surface area (Å²) in [5.74, 6) is -3.78. The molecular formula is C13H12N2O5. The Balaban J connectivity index is 2.48. The van der Waals surface area contributed by atoms with E-state index in [-0.39, 0.29) is 11.1 Å². The van der Waals surface area contributed by atoms with Gasteiger partial charge in [-0.1, -0.05) is 12.1 Å². The first-order valence-corrected chi connectivity index (χ1v) is 5.83. The van der Waals surface area contributed by atoms with Crippen LogP contribution in [0.4, 0.5) is 0 Å². The molecule has 104 valence electrons. The molecule has 0 saturated carbocycles. The van der Waals surface area contributed by atoms with Crippen molar-refractivity contribution in [2.24, 2.45) is 5.73 Å². The molecule has 1 aliphatic heterocycles. The molecule has 0 bridgehead atoms. The topological polar surface area (TPSA) is 118 Å². The average Bonchev–Trinajstić information content (AvgIpc) is 2.60. The summed E-state index contributed by atoms with van der Waals surface area (Å²) in [5, 5.41) is 9.11. The Kier molecular flexibility index (Phi) is 3.27. The smallest absolute Gasteiger partial charge is 0.327 e. The Bertz CT molecular complexity index is 638. The Labute approximate surface area is 114 Å². The lowest BCUT2D eigenvalue weighted by Gasteiger charge is -2.21. The second kappa shape index (κ2) is 4.76. The summed E-state index contributed by atoms with van der Waals surface area (Å²) in [6, 6.07) is 3.12. The van der Waals surface area contributed by atoms with Gasteiger partial charge < -0.3 is 10.8 Å². The number of fused-ring (bicyclic) bond motifs is 1. The molecule has 1 aromatic rings. The van der Waals surface area contributed by atoms with Crippen molar-refractivity contribution in [3.8, 4) is 0 Å². The van der Waals surface area contributed by atoms with Gasteiger partial charge in [-0.2, -0.15) is 0 Å². The first kappa shape index (κ1) is 13.7. The van der Waals surface area contributed by atoms with Crippen LogP contribution in [0.3, 0.4) is 0 Å². The number of benzene rings is 1. The van der Waals surface area contributed by atoms with Crippen molar-refractivity contribution < 1.29 is 24.3 Å². The van der Waals surface area contributed by atoms with Gasteiger partial charge in [0.2, 0.25) is 5.91 Å². The molecule has 1 heterocycles. The molecule has 0 radical (unpaired) electrons. The number of carbonyl (C=O) groups is 4. The number of nitrogens with two attached hydrogens (primary N) is 1. The summed E-state index contributed by atoms with van der Waals surface area (Å²) in [4.78, 5) is 47.1. The number of hydrogen-bond donors (Lipinski definition) is 2. The maximum absolute atomic E-state index is 12.2. The molecule has 1 aromatic carbocycles. The molecular weight excluding hydrogens is 264 g/mol. The van der Waals surface area contributed by atoms with E-state index in [1.807, 2.05) is 0 Å². The summed E-state index contributed by atoms with van der Waals surface area (Å²) in [6.07, 6.45) is -0.611. The first-order valence-electron chi connectivity index (χ1n) is 5.83. The lowest BCUT2D eigenvalue weighted by Crippen LogP contribution is -2.46. The number of aryl methyl sites for hydroxylation is 1. The number of imide groups is 1. The third-order valence-electron chi connectivity index (χ3n) is 3.15. The standard InChI is InChI=1S/C13H12N2O5/c1-6-3-2-4-7-10(6)12(18)15(11(7)17)8(13(19)20)5-9(14)16/h2-4,8H,5H2,1H3,(H2,14,16)(H,19,20). The van der Waals surface area contributed by atoms with E-state index in [9.17, 15) is 19.2 Å². The maximum Gasteiger partial charge on any atom is 0.327 e. The van der Waals surface area contributed by atoms with E-state index >= 15 is 0 Å². The quantitative estimate of drug-likeness (QED) is 0.746. The molecule has 0 aromatic heterocycles. The summed E-state index contributed by atoms with van der Waals surface area (Å²) in [6.45, 7) is 1.65. The Morgan fingerprint density at radius 2 is 1.95 bits per heavy atom. The average molecular weight is 276 g/mol. The van der Waals surface area contributed by atoms with Crippen LogP contribution in [0.1, 0.15) is 32.7 Å². The monoisotopic (exact) mass is 276 g/mol. The number of nitrogens with zero attached hydrogens (tertiary/aromatic N) is 1. The fraction of sp³-hybridized carbons (Fsp3) is 0.231. The minimum absolute atomic E-state index is 0.144. The largest absolute Gasteiger partial charge is 0.480 e. The summed E-state index contributed by atoms with van der Waals surface area (Å²) in [5.41, 5.74) is 5.87. The Morgan fingerprint density at radius 1 is 1.30 bits per heavy atom. The minimum Gasteiger partial charge on any atom is -0.480 e. The molecule has 1 unspecified atom stereocenters. The molecule has 2 rings (SSSR count). The predicted molar refractivity (Wildman–Crippen MR) is 66.9 cm³/mol. The number of aliphatic carboxylic acids is 1. The highest BCUT2D eigenvalue weighted by molar-refractivity contribution is 6.23. The first-order chi connectivity index (χ1) is 9.34. The fourth-order valence-electron chi connectivity index (χ4n) is 2.23. The lowest BCUT2D eigenvalue weighted by molar-refractivity contribution is -0.143. The molecule has 20 heavy (non-hydrogen) atoms. The second-order valence-corrected chi connectivity index (χ2v) is 4.50. The van der Waals surface area contributed by atoms with Gasteiger partial charge in [-0.25, -0.2) is 4.79 Å². The van der Waals surface area contributed by atoms with Crippen molar-refractivity contribution in [1.29, 1.82) is 0 Å². The van der Waals surface area contributed by atoms with Crippen LogP contribution in [-0.4, -0.2) is 39.7 Å². The van der Waals surface area contributed by atoms with Crippen LogP contribution < -0.4 is 5.73 Å². The highest BCUT2D eigenvalue weighted by Crippen LogP contribution is 2.28. The zero-order valence-corrected chi connectivity index (χ0v) is 10.6. The molecule has 0 aliphatic carbocycles. The van der Waals surface area contributed by atoms with Gasteiger partial charge in [-0.05, 0) is 18.6 Å². The molecule has 0 spiro atoms. The van der Waals surface area contributed by atoms with E-state index in [2.05, 4.69) is 0 Å². The number of hydrogen-bond acceptors (Lipinski definition) is 4. The van der Waals surface area contributed by atoms with Gasteiger partial charge in [-0.3, -0.25) is 19.3 Å². The van der Waals surface area contributed by atoms with E-state index in [0.717, 1.165) is 0 Å². The zero-order chi connectivity index (χ0) is 15.0. The summed E-state index contributed by atoms with van der Waals surface area (Å²) < 4.78 is 0. The van der Waals surface area contributed by atoms with E-state index < -0.39 is 36.2 Å². The van der Waals surface area contributed by atoms with Crippen LogP contribution in [0, 0.1) is 6.92 Å². The Morgan fingerprint density at radius 3 is 2.45 bits per heavy atom. The van der Waals surface area contributed by atoms with Gasteiger partial charge in [-0.15, -0.1) is 0 Å². The number of amides is 3. The van der Waals surface area contributed by atoms with E-state index in [1.165, 1.54) is 6.07 Å². The minimum atomic E-state index is -1.58. The SMILES string of the molecule is Cc1cccc2c1C(=O)N(C(CC(N)=O)C(=O)O)C2=O. The molecule has 3 amide bonds. The van der Waals surface area contributed by atoms with Gasteiger partial charge in [0.15, 0.2) is 0 Å². The third kappa shape index (κ3) is 2.03. The molecule has 3 N–H and O–H groups in total. The summed E-state index contributed by atoms with van der Waals surface area (Å²) in [7, 11) is 0. The van der Waals surface area contributed by atoms with Crippen LogP contribution >= 0.6 is 0 Å². The number of carboxylic acid groups (broad SMARTS) is 1. The van der Waals surface area contributed by atoms with Gasteiger partial charge >= 0.3 is 5.97 Å². The second-order valence-electron chi connectivity index (χ2n) is 4.50. The van der Waals surface area contributed by atoms with E-state index in [1.54, 1.807) is 19.1 Å². The van der Waals surface area contributed by atoms with E-state index in [0.29, 0.717) is 10.5 Å². The molecule has 1 aliphatic rings. The van der Waals surface area contributed by atoms with Crippen molar-refractivity contribution in [2.45, 2.75) is 19.4 Å². The Hall–Kier alpha value is -2.70. The molecule has 1 atom stereocenters. The number of carboxylic acids is 1. The van der Waals surface area contributed by atoms with Gasteiger partial charge in [0.1, 0.15) is 6.04 Å². The third-order valence-corrected chi connectivity index (χ3v) is 3.15. The van der Waals surface area contributed by atoms with Gasteiger partial charge in [0.25, 0.3) is 11.8 Å². The van der Waals surface area contributed by atoms with Crippen molar-refractivity contribution in [2.75, 3.05) is 0 Å². The fourth-order valence-corrected chi connectivity index (χ4v) is 2.23. The van der Waals surface area contributed by atoms with Crippen molar-refractivity contribution >= 4 is 23.7 Å². The van der Waals surface area contributed by atoms with Crippen molar-refractivity contribution in [3.63, 3.8) is 0 Å². The molecule has 0 fully saturated rings. The number of carbonyl (C=O) groups excluding carboxylic acids is 3. The molecule has 7 nitrogen and oxygen atoms in total. The predicted octanol–water partition coefficient (Wildman–Crippen LogP) is -0.0804. The molecule has 0 saturated heterocycles. The molecule has 7 heteroatoms. The number of primary amides is 1. The van der Waals surface area contributed by atoms with E-state index in [4.69, 9.17) is 10.8 Å². The van der Waals surface area contributed by atoms with Crippen LogP contribution in [-0.2, 0) is 9.59 Å². The lowest BCUT2D eigenvalue weighted by atomic mass is 10.0.